The Labute approximate surface area is 133 Å². The van der Waals surface area contributed by atoms with Crippen LogP contribution in [0.15, 0.2) is 24.5 Å². The van der Waals surface area contributed by atoms with Crippen molar-refractivity contribution in [2.24, 2.45) is 0 Å². The second-order valence-corrected chi connectivity index (χ2v) is 5.45. The first kappa shape index (κ1) is 14.8. The zero-order valence-electron chi connectivity index (χ0n) is 12.3. The standard InChI is InChI=1S/C15H17ClN4O2/c1-2-19(10-11-4-6-17-7-5-11)14(21)13-12(16)15-20(18-13)8-3-9-22-15/h4-7H,2-3,8-10H2,1H3. The Kier molecular flexibility index (Phi) is 4.29. The summed E-state index contributed by atoms with van der Waals surface area (Å²) in [4.78, 5) is 18.4. The summed E-state index contributed by atoms with van der Waals surface area (Å²) in [6, 6.07) is 3.78. The predicted octanol–water partition coefficient (Wildman–Crippen LogP) is 2.38. The zero-order valence-corrected chi connectivity index (χ0v) is 13.1. The first-order chi connectivity index (χ1) is 10.7. The second kappa shape index (κ2) is 6.36. The predicted molar refractivity (Wildman–Crippen MR) is 82.0 cm³/mol. The first-order valence-electron chi connectivity index (χ1n) is 7.28. The molecule has 0 radical (unpaired) electrons. The van der Waals surface area contributed by atoms with E-state index in [9.17, 15) is 4.79 Å². The fourth-order valence-electron chi connectivity index (χ4n) is 2.42. The Bertz CT molecular complexity index is 672. The average molecular weight is 321 g/mol. The lowest BCUT2D eigenvalue weighted by molar-refractivity contribution is 0.0745. The van der Waals surface area contributed by atoms with Crippen LogP contribution < -0.4 is 4.74 Å². The molecule has 0 unspecified atom stereocenters. The van der Waals surface area contributed by atoms with Gasteiger partial charge in [-0.15, -0.1) is 0 Å². The highest BCUT2D eigenvalue weighted by Crippen LogP contribution is 2.31. The molecular weight excluding hydrogens is 304 g/mol. The van der Waals surface area contributed by atoms with E-state index in [0.29, 0.717) is 30.6 Å². The normalized spacial score (nSPS) is 13.4. The summed E-state index contributed by atoms with van der Waals surface area (Å²) in [6.45, 7) is 4.32. The molecular formula is C15H17ClN4O2. The molecule has 3 rings (SSSR count). The molecule has 1 aliphatic rings. The van der Waals surface area contributed by atoms with Crippen molar-refractivity contribution in [1.29, 1.82) is 0 Å². The molecule has 2 aromatic heterocycles. The third kappa shape index (κ3) is 2.78. The fourth-order valence-corrected chi connectivity index (χ4v) is 2.69. The van der Waals surface area contributed by atoms with Crippen LogP contribution in [0.3, 0.4) is 0 Å². The fraction of sp³-hybridized carbons (Fsp3) is 0.400. The molecule has 0 bridgehead atoms. The number of nitrogens with zero attached hydrogens (tertiary/aromatic N) is 4. The highest BCUT2D eigenvalue weighted by molar-refractivity contribution is 6.34. The van der Waals surface area contributed by atoms with Gasteiger partial charge in [-0.2, -0.15) is 5.10 Å². The molecule has 116 valence electrons. The Morgan fingerprint density at radius 3 is 2.91 bits per heavy atom. The number of carbonyl (C=O) groups excluding carboxylic acids is 1. The quantitative estimate of drug-likeness (QED) is 0.867. The van der Waals surface area contributed by atoms with Crippen LogP contribution in [-0.4, -0.2) is 38.7 Å². The van der Waals surface area contributed by atoms with E-state index in [0.717, 1.165) is 18.5 Å². The lowest BCUT2D eigenvalue weighted by atomic mass is 10.2. The molecule has 0 spiro atoms. The molecule has 0 N–H and O–H groups in total. The summed E-state index contributed by atoms with van der Waals surface area (Å²) in [5.41, 5.74) is 1.27. The van der Waals surface area contributed by atoms with Gasteiger partial charge in [-0.3, -0.25) is 9.78 Å². The van der Waals surface area contributed by atoms with E-state index in [4.69, 9.17) is 16.3 Å². The minimum absolute atomic E-state index is 0.185. The van der Waals surface area contributed by atoms with E-state index < -0.39 is 0 Å². The maximum Gasteiger partial charge on any atom is 0.276 e. The number of halogens is 1. The van der Waals surface area contributed by atoms with Gasteiger partial charge < -0.3 is 9.64 Å². The van der Waals surface area contributed by atoms with Crippen molar-refractivity contribution >= 4 is 17.5 Å². The molecule has 7 heteroatoms. The number of carbonyl (C=O) groups is 1. The van der Waals surface area contributed by atoms with Crippen LogP contribution in [0.1, 0.15) is 29.4 Å². The van der Waals surface area contributed by atoms with Gasteiger partial charge in [-0.05, 0) is 24.6 Å². The largest absolute Gasteiger partial charge is 0.477 e. The van der Waals surface area contributed by atoms with Crippen LogP contribution >= 0.6 is 11.6 Å². The van der Waals surface area contributed by atoms with Crippen molar-refractivity contribution in [3.05, 3.63) is 40.8 Å². The molecule has 1 amide bonds. The molecule has 0 saturated carbocycles. The molecule has 3 heterocycles. The molecule has 0 fully saturated rings. The summed E-state index contributed by atoms with van der Waals surface area (Å²) in [6.07, 6.45) is 4.29. The van der Waals surface area contributed by atoms with Gasteiger partial charge in [0.15, 0.2) is 5.69 Å². The van der Waals surface area contributed by atoms with E-state index in [1.54, 1.807) is 22.0 Å². The summed E-state index contributed by atoms with van der Waals surface area (Å²) < 4.78 is 7.17. The average Bonchev–Trinajstić information content (AvgIpc) is 2.90. The molecule has 0 aliphatic carbocycles. The van der Waals surface area contributed by atoms with Crippen molar-refractivity contribution in [2.75, 3.05) is 13.2 Å². The lowest BCUT2D eigenvalue weighted by Gasteiger charge is -2.19. The van der Waals surface area contributed by atoms with Gasteiger partial charge >= 0.3 is 0 Å². The molecule has 0 aromatic carbocycles. The van der Waals surface area contributed by atoms with Crippen molar-refractivity contribution in [3.8, 4) is 5.88 Å². The number of fused-ring (bicyclic) bond motifs is 1. The van der Waals surface area contributed by atoms with Gasteiger partial charge in [-0.1, -0.05) is 11.6 Å². The van der Waals surface area contributed by atoms with Crippen LogP contribution in [0.2, 0.25) is 5.02 Å². The van der Waals surface area contributed by atoms with E-state index in [1.807, 2.05) is 19.1 Å². The number of amides is 1. The van der Waals surface area contributed by atoms with Crippen LogP contribution in [0.25, 0.3) is 0 Å². The van der Waals surface area contributed by atoms with Crippen LogP contribution in [0, 0.1) is 0 Å². The Morgan fingerprint density at radius 2 is 2.23 bits per heavy atom. The summed E-state index contributed by atoms with van der Waals surface area (Å²) in [5.74, 6) is 0.311. The zero-order chi connectivity index (χ0) is 15.5. The van der Waals surface area contributed by atoms with Crippen LogP contribution in [-0.2, 0) is 13.1 Å². The van der Waals surface area contributed by atoms with Gasteiger partial charge in [0.05, 0.1) is 6.61 Å². The first-order valence-corrected chi connectivity index (χ1v) is 7.65. The van der Waals surface area contributed by atoms with E-state index in [1.165, 1.54) is 0 Å². The van der Waals surface area contributed by atoms with Gasteiger partial charge in [0.2, 0.25) is 5.88 Å². The highest BCUT2D eigenvalue weighted by Gasteiger charge is 2.27. The summed E-state index contributed by atoms with van der Waals surface area (Å²) in [7, 11) is 0. The van der Waals surface area contributed by atoms with E-state index in [-0.39, 0.29) is 11.6 Å². The van der Waals surface area contributed by atoms with Crippen molar-refractivity contribution < 1.29 is 9.53 Å². The smallest absolute Gasteiger partial charge is 0.276 e. The Morgan fingerprint density at radius 1 is 1.45 bits per heavy atom. The molecule has 0 saturated heterocycles. The highest BCUT2D eigenvalue weighted by atomic mass is 35.5. The number of pyridine rings is 1. The molecule has 0 atom stereocenters. The minimum Gasteiger partial charge on any atom is -0.477 e. The lowest BCUT2D eigenvalue weighted by Crippen LogP contribution is -2.31. The van der Waals surface area contributed by atoms with Crippen molar-refractivity contribution in [3.63, 3.8) is 0 Å². The second-order valence-electron chi connectivity index (χ2n) is 5.07. The Balaban J connectivity index is 1.84. The topological polar surface area (TPSA) is 60.2 Å². The number of hydrogen-bond donors (Lipinski definition) is 0. The monoisotopic (exact) mass is 320 g/mol. The van der Waals surface area contributed by atoms with Gasteiger partial charge in [0.1, 0.15) is 5.02 Å². The van der Waals surface area contributed by atoms with E-state index in [2.05, 4.69) is 10.1 Å². The van der Waals surface area contributed by atoms with Crippen molar-refractivity contribution in [1.82, 2.24) is 19.7 Å². The third-order valence-electron chi connectivity index (χ3n) is 3.60. The van der Waals surface area contributed by atoms with Gasteiger partial charge in [0.25, 0.3) is 5.91 Å². The number of rotatable bonds is 4. The molecule has 22 heavy (non-hydrogen) atoms. The molecule has 2 aromatic rings. The van der Waals surface area contributed by atoms with Gasteiger partial charge in [-0.25, -0.2) is 4.68 Å². The number of hydrogen-bond acceptors (Lipinski definition) is 4. The SMILES string of the molecule is CCN(Cc1ccncc1)C(=O)c1nn2c(c1Cl)OCCC2. The van der Waals surface area contributed by atoms with Crippen LogP contribution in [0.5, 0.6) is 5.88 Å². The van der Waals surface area contributed by atoms with Crippen molar-refractivity contribution in [2.45, 2.75) is 26.4 Å². The third-order valence-corrected chi connectivity index (χ3v) is 3.94. The summed E-state index contributed by atoms with van der Waals surface area (Å²) >= 11 is 6.28. The number of ether oxygens (including phenoxy) is 1. The Hall–Kier alpha value is -2.08. The minimum atomic E-state index is -0.185. The molecule has 6 nitrogen and oxygen atoms in total. The molecule has 1 aliphatic heterocycles. The number of aromatic nitrogens is 3. The maximum atomic E-state index is 12.7. The van der Waals surface area contributed by atoms with Crippen LogP contribution in [0.4, 0.5) is 0 Å². The van der Waals surface area contributed by atoms with Gasteiger partial charge in [0, 0.05) is 38.4 Å². The summed E-state index contributed by atoms with van der Waals surface area (Å²) in [5, 5.41) is 4.62. The van der Waals surface area contributed by atoms with E-state index >= 15 is 0 Å². The number of aryl methyl sites for hydroxylation is 1. The maximum absolute atomic E-state index is 12.7.